The van der Waals surface area contributed by atoms with E-state index in [0.717, 1.165) is 28.8 Å². The van der Waals surface area contributed by atoms with Crippen molar-refractivity contribution in [3.8, 4) is 11.1 Å². The Labute approximate surface area is 121 Å². The summed E-state index contributed by atoms with van der Waals surface area (Å²) in [5, 5.41) is 0. The van der Waals surface area contributed by atoms with Crippen LogP contribution in [0.1, 0.15) is 24.0 Å². The van der Waals surface area contributed by atoms with Crippen molar-refractivity contribution >= 4 is 0 Å². The summed E-state index contributed by atoms with van der Waals surface area (Å²) in [5.74, 6) is 0. The van der Waals surface area contributed by atoms with Crippen molar-refractivity contribution in [2.24, 2.45) is 0 Å². The highest BCUT2D eigenvalue weighted by molar-refractivity contribution is 5.64. The Bertz CT molecular complexity index is 553. The van der Waals surface area contributed by atoms with Crippen LogP contribution in [0.25, 0.3) is 11.1 Å². The average molecular weight is 295 g/mol. The van der Waals surface area contributed by atoms with Crippen molar-refractivity contribution in [1.82, 2.24) is 0 Å². The van der Waals surface area contributed by atoms with Gasteiger partial charge in [-0.25, -0.2) is 0 Å². The molecule has 2 rings (SSSR count). The Balaban J connectivity index is 2.08. The molecule has 0 aliphatic carbocycles. The number of halogens is 4. The van der Waals surface area contributed by atoms with E-state index in [0.29, 0.717) is 12.8 Å². The lowest BCUT2D eigenvalue weighted by Crippen LogP contribution is -2.03. The van der Waals surface area contributed by atoms with Gasteiger partial charge >= 0.3 is 6.18 Å². The maximum Gasteiger partial charge on any atom is 0.416 e. The minimum absolute atomic E-state index is 0.333. The normalized spacial score (nSPS) is 11.6. The van der Waals surface area contributed by atoms with Gasteiger partial charge in [0.15, 0.2) is 0 Å². The quantitative estimate of drug-likeness (QED) is 0.492. The van der Waals surface area contributed by atoms with Crippen LogP contribution in [0.2, 0.25) is 0 Å². The van der Waals surface area contributed by atoms with Crippen LogP contribution in [-0.2, 0) is 6.18 Å². The molecule has 0 aromatic heterocycles. The molecular weight excluding hydrogens is 280 g/mol. The molecule has 0 nitrogen and oxygen atoms in total. The van der Waals surface area contributed by atoms with Crippen LogP contribution in [-0.4, -0.2) is 6.67 Å². The average Bonchev–Trinajstić information content (AvgIpc) is 2.48. The minimum atomic E-state index is -4.31. The second kappa shape index (κ2) is 6.74. The first kappa shape index (κ1) is 15.5. The summed E-state index contributed by atoms with van der Waals surface area (Å²) in [6.45, 7) is -0.333. The van der Waals surface area contributed by atoms with E-state index in [1.54, 1.807) is 0 Å². The smallest absolute Gasteiger partial charge is 0.251 e. The predicted molar refractivity (Wildman–Crippen MR) is 75.5 cm³/mol. The second-order valence-corrected chi connectivity index (χ2v) is 4.73. The zero-order valence-corrected chi connectivity index (χ0v) is 11.3. The first-order valence-electron chi connectivity index (χ1n) is 6.67. The molecular formula is C17H15F4. The van der Waals surface area contributed by atoms with Crippen LogP contribution in [0.4, 0.5) is 17.6 Å². The lowest BCUT2D eigenvalue weighted by atomic mass is 10.0. The summed E-state index contributed by atoms with van der Waals surface area (Å²) >= 11 is 0. The highest BCUT2D eigenvalue weighted by Gasteiger charge is 2.29. The van der Waals surface area contributed by atoms with Crippen molar-refractivity contribution in [3.05, 3.63) is 66.1 Å². The van der Waals surface area contributed by atoms with Crippen LogP contribution in [0.15, 0.2) is 48.5 Å². The van der Waals surface area contributed by atoms with E-state index in [9.17, 15) is 17.6 Å². The van der Waals surface area contributed by atoms with Gasteiger partial charge in [-0.05, 0) is 48.1 Å². The molecule has 2 aromatic rings. The first-order chi connectivity index (χ1) is 10.0. The van der Waals surface area contributed by atoms with Gasteiger partial charge in [0.2, 0.25) is 0 Å². The predicted octanol–water partition coefficient (Wildman–Crippen LogP) is 5.67. The molecule has 0 fully saturated rings. The zero-order valence-electron chi connectivity index (χ0n) is 11.3. The fourth-order valence-corrected chi connectivity index (χ4v) is 2.01. The minimum Gasteiger partial charge on any atom is -0.251 e. The van der Waals surface area contributed by atoms with Gasteiger partial charge in [0.25, 0.3) is 0 Å². The van der Waals surface area contributed by atoms with Crippen molar-refractivity contribution in [2.45, 2.75) is 19.0 Å². The maximum absolute atomic E-state index is 12.5. The summed E-state index contributed by atoms with van der Waals surface area (Å²) < 4.78 is 49.5. The molecule has 0 atom stereocenters. The number of unbranched alkanes of at least 4 members (excludes halogenated alkanes) is 1. The van der Waals surface area contributed by atoms with Crippen molar-refractivity contribution in [3.63, 3.8) is 0 Å². The molecule has 0 spiro atoms. The van der Waals surface area contributed by atoms with Crippen molar-refractivity contribution in [1.29, 1.82) is 0 Å². The lowest BCUT2D eigenvalue weighted by molar-refractivity contribution is -0.137. The SMILES string of the molecule is FCCC[CH]c1ccc(-c2ccc(C(F)(F)F)cc2)cc1. The molecule has 0 N–H and O–H groups in total. The van der Waals surface area contributed by atoms with Gasteiger partial charge in [-0.2, -0.15) is 13.2 Å². The molecule has 0 aliphatic rings. The van der Waals surface area contributed by atoms with Crippen molar-refractivity contribution in [2.75, 3.05) is 6.67 Å². The second-order valence-electron chi connectivity index (χ2n) is 4.73. The van der Waals surface area contributed by atoms with E-state index in [1.807, 2.05) is 30.7 Å². The van der Waals surface area contributed by atoms with Gasteiger partial charge in [0.05, 0.1) is 12.2 Å². The van der Waals surface area contributed by atoms with Crippen LogP contribution in [0, 0.1) is 6.42 Å². The lowest BCUT2D eigenvalue weighted by Gasteiger charge is -2.08. The Morgan fingerprint density at radius 3 is 1.81 bits per heavy atom. The van der Waals surface area contributed by atoms with Gasteiger partial charge in [-0.15, -0.1) is 0 Å². The molecule has 2 aromatic carbocycles. The third kappa shape index (κ3) is 4.31. The van der Waals surface area contributed by atoms with E-state index in [2.05, 4.69) is 0 Å². The summed E-state index contributed by atoms with van der Waals surface area (Å²) in [4.78, 5) is 0. The van der Waals surface area contributed by atoms with Gasteiger partial charge in [0, 0.05) is 0 Å². The summed E-state index contributed by atoms with van der Waals surface area (Å²) in [6, 6.07) is 12.5. The summed E-state index contributed by atoms with van der Waals surface area (Å²) in [7, 11) is 0. The molecule has 0 aliphatic heterocycles. The number of rotatable bonds is 5. The number of benzene rings is 2. The number of alkyl halides is 4. The molecule has 4 heteroatoms. The Kier molecular flexibility index (Phi) is 4.99. The molecule has 0 bridgehead atoms. The number of hydrogen-bond donors (Lipinski definition) is 0. The van der Waals surface area contributed by atoms with Gasteiger partial charge in [-0.3, -0.25) is 4.39 Å². The molecule has 0 unspecified atom stereocenters. The van der Waals surface area contributed by atoms with E-state index in [4.69, 9.17) is 0 Å². The Morgan fingerprint density at radius 2 is 1.33 bits per heavy atom. The zero-order chi connectivity index (χ0) is 15.3. The highest BCUT2D eigenvalue weighted by atomic mass is 19.4. The molecule has 1 radical (unpaired) electrons. The molecule has 0 saturated heterocycles. The third-order valence-corrected chi connectivity index (χ3v) is 3.17. The van der Waals surface area contributed by atoms with Crippen LogP contribution < -0.4 is 0 Å². The molecule has 0 heterocycles. The number of hydrogen-bond acceptors (Lipinski definition) is 0. The fraction of sp³-hybridized carbons (Fsp3) is 0.235. The van der Waals surface area contributed by atoms with Crippen LogP contribution in [0.3, 0.4) is 0 Å². The van der Waals surface area contributed by atoms with E-state index < -0.39 is 11.7 Å². The highest BCUT2D eigenvalue weighted by Crippen LogP contribution is 2.31. The van der Waals surface area contributed by atoms with Crippen LogP contribution in [0.5, 0.6) is 0 Å². The van der Waals surface area contributed by atoms with Gasteiger partial charge in [-0.1, -0.05) is 36.4 Å². The van der Waals surface area contributed by atoms with Gasteiger partial charge < -0.3 is 0 Å². The van der Waals surface area contributed by atoms with Crippen LogP contribution >= 0.6 is 0 Å². The third-order valence-electron chi connectivity index (χ3n) is 3.17. The summed E-state index contributed by atoms with van der Waals surface area (Å²) in [6.07, 6.45) is -1.19. The van der Waals surface area contributed by atoms with E-state index in [1.165, 1.54) is 12.1 Å². The molecule has 111 valence electrons. The molecule has 21 heavy (non-hydrogen) atoms. The van der Waals surface area contributed by atoms with E-state index in [-0.39, 0.29) is 6.67 Å². The monoisotopic (exact) mass is 295 g/mol. The Hall–Kier alpha value is -1.84. The van der Waals surface area contributed by atoms with Gasteiger partial charge in [0.1, 0.15) is 0 Å². The van der Waals surface area contributed by atoms with Crippen molar-refractivity contribution < 1.29 is 17.6 Å². The van der Waals surface area contributed by atoms with E-state index >= 15 is 0 Å². The maximum atomic E-state index is 12.5. The fourth-order valence-electron chi connectivity index (χ4n) is 2.01. The molecule has 0 saturated carbocycles. The summed E-state index contributed by atoms with van der Waals surface area (Å²) in [5.41, 5.74) is 1.92. The Morgan fingerprint density at radius 1 is 0.810 bits per heavy atom. The molecule has 0 amide bonds. The standard InChI is InChI=1S/C17H15F4/c18-12-2-1-3-13-4-6-14(7-5-13)15-8-10-16(11-9-15)17(19,20)21/h3-11H,1-2,12H2. The largest absolute Gasteiger partial charge is 0.416 e. The first-order valence-corrected chi connectivity index (χ1v) is 6.67. The topological polar surface area (TPSA) is 0 Å².